The Bertz CT molecular complexity index is 974. The molecule has 1 N–H and O–H groups in total. The highest BCUT2D eigenvalue weighted by Crippen LogP contribution is 2.25. The molecular weight excluding hydrogens is 403 g/mol. The first kappa shape index (κ1) is 21.8. The average Bonchev–Trinajstić information content (AvgIpc) is 3.17. The fourth-order valence-electron chi connectivity index (χ4n) is 2.93. The van der Waals surface area contributed by atoms with Crippen LogP contribution >= 0.6 is 11.8 Å². The molecule has 0 aliphatic rings. The maximum absolute atomic E-state index is 13.0. The van der Waals surface area contributed by atoms with Gasteiger partial charge in [-0.05, 0) is 62.2 Å². The Morgan fingerprint density at radius 2 is 1.83 bits per heavy atom. The van der Waals surface area contributed by atoms with Crippen molar-refractivity contribution < 1.29 is 13.9 Å². The number of aryl methyl sites for hydroxylation is 1. The van der Waals surface area contributed by atoms with E-state index in [0.717, 1.165) is 12.2 Å². The van der Waals surface area contributed by atoms with Gasteiger partial charge in [-0.3, -0.25) is 4.79 Å². The Hall–Kier alpha value is -2.87. The lowest BCUT2D eigenvalue weighted by atomic mass is 10.2. The van der Waals surface area contributed by atoms with Crippen molar-refractivity contribution in [2.75, 3.05) is 11.1 Å². The molecule has 0 radical (unpaired) electrons. The smallest absolute Gasteiger partial charge is 0.234 e. The molecule has 30 heavy (non-hydrogen) atoms. The van der Waals surface area contributed by atoms with Gasteiger partial charge in [0.15, 0.2) is 17.1 Å². The van der Waals surface area contributed by atoms with Crippen LogP contribution in [0.25, 0.3) is 0 Å². The summed E-state index contributed by atoms with van der Waals surface area (Å²) in [5.41, 5.74) is 1.81. The molecule has 158 valence electrons. The van der Waals surface area contributed by atoms with Crippen LogP contribution in [0.5, 0.6) is 5.75 Å². The molecule has 0 saturated heterocycles. The van der Waals surface area contributed by atoms with Gasteiger partial charge in [0.05, 0.1) is 5.75 Å². The maximum atomic E-state index is 13.0. The third kappa shape index (κ3) is 5.60. The lowest BCUT2D eigenvalue weighted by molar-refractivity contribution is -0.113. The van der Waals surface area contributed by atoms with E-state index < -0.39 is 0 Å². The molecule has 1 aromatic heterocycles. The Morgan fingerprint density at radius 1 is 1.13 bits per heavy atom. The fraction of sp³-hybridized carbons (Fsp3) is 0.318. The summed E-state index contributed by atoms with van der Waals surface area (Å²) in [5.74, 6) is 1.11. The second kappa shape index (κ2) is 10.2. The van der Waals surface area contributed by atoms with Crippen LogP contribution in [0.15, 0.2) is 53.7 Å². The van der Waals surface area contributed by atoms with Gasteiger partial charge < -0.3 is 14.6 Å². The van der Waals surface area contributed by atoms with Crippen LogP contribution in [0.2, 0.25) is 0 Å². The molecule has 8 heteroatoms. The molecule has 0 spiro atoms. The average molecular weight is 429 g/mol. The van der Waals surface area contributed by atoms with Crippen LogP contribution in [-0.4, -0.2) is 26.4 Å². The monoisotopic (exact) mass is 428 g/mol. The zero-order valence-electron chi connectivity index (χ0n) is 17.3. The van der Waals surface area contributed by atoms with E-state index >= 15 is 0 Å². The van der Waals surface area contributed by atoms with Gasteiger partial charge in [-0.25, -0.2) is 4.39 Å². The molecule has 0 aliphatic carbocycles. The number of anilines is 1. The standard InChI is InChI=1S/C22H25FN4O2S/c1-4-16-6-12-19(13-7-16)29-15(3)21-25-26-22(27(21)5-2)30-14-20(28)24-18-10-8-17(23)9-11-18/h6-13,15H,4-5,14H2,1-3H3,(H,24,28). The second-order valence-corrected chi connectivity index (χ2v) is 7.63. The number of ether oxygens (including phenoxy) is 1. The lowest BCUT2D eigenvalue weighted by Crippen LogP contribution is -2.15. The number of benzene rings is 2. The second-order valence-electron chi connectivity index (χ2n) is 6.69. The van der Waals surface area contributed by atoms with E-state index in [2.05, 4.69) is 22.4 Å². The molecule has 3 rings (SSSR count). The predicted molar refractivity (Wildman–Crippen MR) is 116 cm³/mol. The molecule has 1 atom stereocenters. The molecule has 0 aliphatic heterocycles. The van der Waals surface area contributed by atoms with Gasteiger partial charge in [0.25, 0.3) is 0 Å². The van der Waals surface area contributed by atoms with Gasteiger partial charge in [0.2, 0.25) is 5.91 Å². The van der Waals surface area contributed by atoms with E-state index in [1.54, 1.807) is 0 Å². The van der Waals surface area contributed by atoms with Crippen molar-refractivity contribution in [2.24, 2.45) is 0 Å². The molecular formula is C22H25FN4O2S. The maximum Gasteiger partial charge on any atom is 0.234 e. The molecule has 0 bridgehead atoms. The Balaban J connectivity index is 1.61. The van der Waals surface area contributed by atoms with E-state index in [0.29, 0.717) is 23.2 Å². The van der Waals surface area contributed by atoms with Gasteiger partial charge in [-0.2, -0.15) is 0 Å². The highest BCUT2D eigenvalue weighted by molar-refractivity contribution is 7.99. The number of carbonyl (C=O) groups excluding carboxylic acids is 1. The Labute approximate surface area is 179 Å². The first-order valence-corrected chi connectivity index (χ1v) is 10.9. The summed E-state index contributed by atoms with van der Waals surface area (Å²) < 4.78 is 20.9. The summed E-state index contributed by atoms with van der Waals surface area (Å²) >= 11 is 1.30. The molecule has 3 aromatic rings. The zero-order valence-corrected chi connectivity index (χ0v) is 18.1. The van der Waals surface area contributed by atoms with Gasteiger partial charge in [-0.1, -0.05) is 30.8 Å². The number of nitrogens with zero attached hydrogens (tertiary/aromatic N) is 3. The van der Waals surface area contributed by atoms with Crippen molar-refractivity contribution in [1.29, 1.82) is 0 Å². The third-order valence-corrected chi connectivity index (χ3v) is 5.50. The number of amides is 1. The summed E-state index contributed by atoms with van der Waals surface area (Å²) in [5, 5.41) is 11.9. The molecule has 0 saturated carbocycles. The van der Waals surface area contributed by atoms with Gasteiger partial charge >= 0.3 is 0 Å². The number of halogens is 1. The SMILES string of the molecule is CCc1ccc(OC(C)c2nnc(SCC(=O)Nc3ccc(F)cc3)n2CC)cc1. The Morgan fingerprint density at radius 3 is 2.47 bits per heavy atom. The molecule has 2 aromatic carbocycles. The first-order valence-electron chi connectivity index (χ1n) is 9.87. The van der Waals surface area contributed by atoms with E-state index in [9.17, 15) is 9.18 Å². The van der Waals surface area contributed by atoms with Crippen molar-refractivity contribution in [1.82, 2.24) is 14.8 Å². The largest absolute Gasteiger partial charge is 0.483 e. The number of carbonyl (C=O) groups is 1. The topological polar surface area (TPSA) is 69.0 Å². The molecule has 1 amide bonds. The summed E-state index contributed by atoms with van der Waals surface area (Å²) in [6.45, 7) is 6.70. The van der Waals surface area contributed by atoms with Crippen molar-refractivity contribution in [3.8, 4) is 5.75 Å². The Kier molecular flexibility index (Phi) is 7.46. The summed E-state index contributed by atoms with van der Waals surface area (Å²) in [6, 6.07) is 13.7. The molecule has 6 nitrogen and oxygen atoms in total. The number of hydrogen-bond donors (Lipinski definition) is 1. The van der Waals surface area contributed by atoms with E-state index in [-0.39, 0.29) is 23.6 Å². The molecule has 1 unspecified atom stereocenters. The van der Waals surface area contributed by atoms with E-state index in [1.807, 2.05) is 42.7 Å². The minimum absolute atomic E-state index is 0.170. The summed E-state index contributed by atoms with van der Waals surface area (Å²) in [4.78, 5) is 12.2. The quantitative estimate of drug-likeness (QED) is 0.493. The van der Waals surface area contributed by atoms with Crippen molar-refractivity contribution in [3.63, 3.8) is 0 Å². The highest BCUT2D eigenvalue weighted by atomic mass is 32.2. The van der Waals surface area contributed by atoms with Gasteiger partial charge in [0, 0.05) is 12.2 Å². The predicted octanol–water partition coefficient (Wildman–Crippen LogP) is 4.87. The zero-order chi connectivity index (χ0) is 21.5. The minimum Gasteiger partial charge on any atom is -0.483 e. The molecule has 0 fully saturated rings. The van der Waals surface area contributed by atoms with Crippen molar-refractivity contribution in [2.45, 2.75) is 45.0 Å². The summed E-state index contributed by atoms with van der Waals surface area (Å²) in [7, 11) is 0. The first-order chi connectivity index (χ1) is 14.5. The highest BCUT2D eigenvalue weighted by Gasteiger charge is 2.19. The van der Waals surface area contributed by atoms with Crippen LogP contribution in [0, 0.1) is 5.82 Å². The van der Waals surface area contributed by atoms with Crippen LogP contribution in [-0.2, 0) is 17.8 Å². The lowest BCUT2D eigenvalue weighted by Gasteiger charge is -2.16. The van der Waals surface area contributed by atoms with Crippen LogP contribution < -0.4 is 10.1 Å². The van der Waals surface area contributed by atoms with E-state index in [4.69, 9.17) is 4.74 Å². The van der Waals surface area contributed by atoms with Crippen LogP contribution in [0.3, 0.4) is 0 Å². The van der Waals surface area contributed by atoms with Crippen molar-refractivity contribution in [3.05, 3.63) is 65.7 Å². The van der Waals surface area contributed by atoms with Gasteiger partial charge in [-0.15, -0.1) is 10.2 Å². The fourth-order valence-corrected chi connectivity index (χ4v) is 3.74. The summed E-state index contributed by atoms with van der Waals surface area (Å²) in [6.07, 6.45) is 0.697. The van der Waals surface area contributed by atoms with Gasteiger partial charge in [0.1, 0.15) is 11.6 Å². The van der Waals surface area contributed by atoms with Crippen LogP contribution in [0.1, 0.15) is 38.3 Å². The van der Waals surface area contributed by atoms with Crippen LogP contribution in [0.4, 0.5) is 10.1 Å². The number of thioether (sulfide) groups is 1. The number of nitrogens with one attached hydrogen (secondary N) is 1. The normalized spacial score (nSPS) is 11.9. The number of rotatable bonds is 9. The molecule has 1 heterocycles. The third-order valence-electron chi connectivity index (χ3n) is 4.53. The minimum atomic E-state index is -0.344. The number of aromatic nitrogens is 3. The van der Waals surface area contributed by atoms with Crippen molar-refractivity contribution >= 4 is 23.4 Å². The number of hydrogen-bond acceptors (Lipinski definition) is 5. The van der Waals surface area contributed by atoms with E-state index in [1.165, 1.54) is 41.6 Å².